The molecule has 1 heterocycles. The first-order chi connectivity index (χ1) is 6.60. The number of hydrogen-bond donors (Lipinski definition) is 0. The van der Waals surface area contributed by atoms with Crippen LogP contribution in [0.25, 0.3) is 0 Å². The first-order valence-corrected chi connectivity index (χ1v) is 8.01. The quantitative estimate of drug-likeness (QED) is 0.509. The summed E-state index contributed by atoms with van der Waals surface area (Å²) < 4.78 is 4.19. The summed E-state index contributed by atoms with van der Waals surface area (Å²) in [5.41, 5.74) is 0.577. The fourth-order valence-corrected chi connectivity index (χ4v) is 5.40. The Kier molecular flexibility index (Phi) is 3.87. The van der Waals surface area contributed by atoms with Crippen molar-refractivity contribution in [2.45, 2.75) is 52.4 Å². The Morgan fingerprint density at radius 1 is 0.867 bits per heavy atom. The van der Waals surface area contributed by atoms with Crippen LogP contribution in [0.15, 0.2) is 12.1 Å². The van der Waals surface area contributed by atoms with E-state index in [2.05, 4.69) is 53.7 Å². The van der Waals surface area contributed by atoms with E-state index in [1.165, 1.54) is 0 Å². The van der Waals surface area contributed by atoms with Crippen LogP contribution in [0, 0.1) is 4.51 Å². The monoisotopic (exact) mass is 338 g/mol. The van der Waals surface area contributed by atoms with E-state index >= 15 is 0 Å². The van der Waals surface area contributed by atoms with E-state index in [4.69, 9.17) is 12.2 Å². The van der Waals surface area contributed by atoms with Gasteiger partial charge in [0.05, 0.1) is 0 Å². The van der Waals surface area contributed by atoms with Gasteiger partial charge in [0, 0.05) is 0 Å². The molecule has 0 amide bonds. The van der Waals surface area contributed by atoms with Crippen LogP contribution in [0.3, 0.4) is 0 Å². The molecule has 0 saturated carbocycles. The van der Waals surface area contributed by atoms with Crippen molar-refractivity contribution in [1.29, 1.82) is 0 Å². The molecular weight excluding hydrogens is 316 g/mol. The van der Waals surface area contributed by atoms with Crippen LogP contribution in [0.5, 0.6) is 0 Å². The Hall–Kier alpha value is 0.360. The Bertz CT molecular complexity index is 367. The summed E-state index contributed by atoms with van der Waals surface area (Å²) in [5.74, 6) is 0. The van der Waals surface area contributed by atoms with Gasteiger partial charge in [-0.3, -0.25) is 0 Å². The second-order valence-electron chi connectivity index (χ2n) is 6.02. The van der Waals surface area contributed by atoms with Gasteiger partial charge in [-0.05, 0) is 0 Å². The van der Waals surface area contributed by atoms with Crippen molar-refractivity contribution in [3.05, 3.63) is 23.8 Å². The summed E-state index contributed by atoms with van der Waals surface area (Å²) in [5, 5.41) is 0. The first-order valence-electron chi connectivity index (χ1n) is 5.27. The van der Waals surface area contributed by atoms with Crippen LogP contribution in [0.2, 0.25) is 0 Å². The molecule has 0 N–H and O–H groups in total. The van der Waals surface area contributed by atoms with E-state index in [-0.39, 0.29) is 31.3 Å². The normalized spacial score (nSPS) is 12.9. The van der Waals surface area contributed by atoms with Gasteiger partial charge in [0.25, 0.3) is 0 Å². The zero-order valence-corrected chi connectivity index (χ0v) is 13.6. The predicted octanol–water partition coefficient (Wildman–Crippen LogP) is 4.07. The molecule has 1 aromatic heterocycles. The Labute approximate surface area is 108 Å². The molecule has 0 atom stereocenters. The summed E-state index contributed by atoms with van der Waals surface area (Å²) in [6, 6.07) is 4.46. The summed E-state index contributed by atoms with van der Waals surface area (Å²) >= 11 is 5.18. The molecule has 0 aliphatic heterocycles. The van der Waals surface area contributed by atoms with Crippen LogP contribution < -0.4 is 0 Å². The second-order valence-corrected chi connectivity index (χ2v) is 9.59. The molecule has 84 valence electrons. The molecule has 0 fully saturated rings. The molecule has 1 aromatic rings. The van der Waals surface area contributed by atoms with Gasteiger partial charge in [0.2, 0.25) is 0 Å². The van der Waals surface area contributed by atoms with Crippen molar-refractivity contribution < 1.29 is 0 Å². The number of hydrogen-bond acceptors (Lipinski definition) is 1. The predicted molar refractivity (Wildman–Crippen MR) is 71.6 cm³/mol. The van der Waals surface area contributed by atoms with E-state index in [0.29, 0.717) is 0 Å². The fourth-order valence-electron chi connectivity index (χ4n) is 1.22. The van der Waals surface area contributed by atoms with Crippen molar-refractivity contribution >= 4 is 32.6 Å². The van der Waals surface area contributed by atoms with E-state index in [0.717, 1.165) is 4.51 Å². The molecule has 0 aromatic carbocycles. The van der Waals surface area contributed by atoms with Gasteiger partial charge in [-0.1, -0.05) is 0 Å². The third-order valence-electron chi connectivity index (χ3n) is 2.25. The van der Waals surface area contributed by atoms with Gasteiger partial charge < -0.3 is 0 Å². The maximum atomic E-state index is 5.37. The van der Waals surface area contributed by atoms with E-state index in [9.17, 15) is 0 Å². The first kappa shape index (κ1) is 13.4. The topological polar surface area (TPSA) is 0 Å². The average molecular weight is 336 g/mol. The Morgan fingerprint density at radius 2 is 1.20 bits per heavy atom. The molecule has 0 unspecified atom stereocenters. The van der Waals surface area contributed by atoms with E-state index in [1.54, 1.807) is 7.16 Å². The average Bonchev–Trinajstić information content (AvgIpc) is 1.99. The Balaban J connectivity index is 3.36. The molecular formula is C13H20STe. The molecule has 0 nitrogen and oxygen atoms in total. The number of rotatable bonds is 0. The van der Waals surface area contributed by atoms with Crippen LogP contribution in [0.1, 0.15) is 48.7 Å². The third kappa shape index (κ3) is 3.70. The molecule has 0 radical (unpaired) electrons. The van der Waals surface area contributed by atoms with Crippen LogP contribution in [-0.4, -0.2) is 20.4 Å². The SMILES string of the molecule is CC(C)(C)c1cc(=S)cc(C(C)(C)C)[te]1. The van der Waals surface area contributed by atoms with Crippen molar-refractivity contribution in [3.63, 3.8) is 0 Å². The summed E-state index contributed by atoms with van der Waals surface area (Å²) in [6.07, 6.45) is 0. The minimum absolute atomic E-state index is 0.183. The fraction of sp³-hybridized carbons (Fsp3) is 0.615. The van der Waals surface area contributed by atoms with Gasteiger partial charge in [-0.15, -0.1) is 0 Å². The molecule has 15 heavy (non-hydrogen) atoms. The van der Waals surface area contributed by atoms with E-state index in [1.807, 2.05) is 0 Å². The second kappa shape index (κ2) is 4.32. The van der Waals surface area contributed by atoms with Gasteiger partial charge in [-0.25, -0.2) is 0 Å². The molecule has 0 spiro atoms. The zero-order chi connectivity index (χ0) is 11.9. The molecule has 0 aliphatic carbocycles. The molecule has 0 saturated heterocycles. The molecule has 1 rings (SSSR count). The van der Waals surface area contributed by atoms with Crippen molar-refractivity contribution in [1.82, 2.24) is 0 Å². The summed E-state index contributed by atoms with van der Waals surface area (Å²) in [4.78, 5) is 0. The molecule has 2 heteroatoms. The summed E-state index contributed by atoms with van der Waals surface area (Å²) in [6.45, 7) is 13.7. The molecule has 0 bridgehead atoms. The van der Waals surface area contributed by atoms with Crippen molar-refractivity contribution in [2.75, 3.05) is 0 Å². The van der Waals surface area contributed by atoms with E-state index < -0.39 is 0 Å². The zero-order valence-electron chi connectivity index (χ0n) is 10.5. The standard InChI is InChI=1S/C13H20STe/c1-12(2,3)10-7-9(14)8-11(15-10)13(4,5)6/h7-8H,1-6H3. The molecule has 0 aliphatic rings. The summed E-state index contributed by atoms with van der Waals surface area (Å²) in [7, 11) is 0. The van der Waals surface area contributed by atoms with Gasteiger partial charge in [-0.2, -0.15) is 0 Å². The van der Waals surface area contributed by atoms with Crippen LogP contribution in [-0.2, 0) is 10.8 Å². The van der Waals surface area contributed by atoms with Gasteiger partial charge >= 0.3 is 109 Å². The maximum absolute atomic E-state index is 5.37. The van der Waals surface area contributed by atoms with Gasteiger partial charge in [0.1, 0.15) is 0 Å². The third-order valence-corrected chi connectivity index (χ3v) is 7.90. The van der Waals surface area contributed by atoms with Gasteiger partial charge in [0.15, 0.2) is 0 Å². The van der Waals surface area contributed by atoms with Crippen molar-refractivity contribution in [3.8, 4) is 0 Å². The Morgan fingerprint density at radius 3 is 1.47 bits per heavy atom. The minimum atomic E-state index is -0.183. The van der Waals surface area contributed by atoms with Crippen LogP contribution >= 0.6 is 12.2 Å². The van der Waals surface area contributed by atoms with Crippen LogP contribution in [0.4, 0.5) is 0 Å². The van der Waals surface area contributed by atoms with Crippen molar-refractivity contribution in [2.24, 2.45) is 0 Å².